The molecule has 2 amide bonds. The van der Waals surface area contributed by atoms with Crippen LogP contribution in [0.15, 0.2) is 54.6 Å². The summed E-state index contributed by atoms with van der Waals surface area (Å²) in [7, 11) is 0. The van der Waals surface area contributed by atoms with Crippen LogP contribution in [0, 0.1) is 12.3 Å². The van der Waals surface area contributed by atoms with Crippen molar-refractivity contribution in [1.29, 1.82) is 0 Å². The van der Waals surface area contributed by atoms with Gasteiger partial charge in [-0.3, -0.25) is 9.59 Å². The molecule has 0 bridgehead atoms. The fraction of sp³-hybridized carbons (Fsp3) is 0.364. The molecule has 2 saturated heterocycles. The molecule has 2 aliphatic heterocycles. The first kappa shape index (κ1) is 16.8. The Hall–Kier alpha value is -2.62. The summed E-state index contributed by atoms with van der Waals surface area (Å²) >= 11 is 0. The highest BCUT2D eigenvalue weighted by Gasteiger charge is 2.48. The monoisotopic (exact) mass is 348 g/mol. The highest BCUT2D eigenvalue weighted by atomic mass is 16.2. The van der Waals surface area contributed by atoms with Gasteiger partial charge in [0, 0.05) is 37.2 Å². The number of amides is 2. The number of anilines is 1. The minimum atomic E-state index is -0.0890. The number of rotatable bonds is 3. The third-order valence-electron chi connectivity index (χ3n) is 5.66. The van der Waals surface area contributed by atoms with Gasteiger partial charge in [0.1, 0.15) is 0 Å². The van der Waals surface area contributed by atoms with Gasteiger partial charge in [-0.05, 0) is 31.0 Å². The van der Waals surface area contributed by atoms with E-state index in [2.05, 4.69) is 0 Å². The van der Waals surface area contributed by atoms with Crippen LogP contribution >= 0.6 is 0 Å². The van der Waals surface area contributed by atoms with Crippen molar-refractivity contribution in [2.75, 3.05) is 24.5 Å². The van der Waals surface area contributed by atoms with E-state index in [1.807, 2.05) is 71.3 Å². The fourth-order valence-electron chi connectivity index (χ4n) is 4.16. The molecule has 2 aliphatic rings. The summed E-state index contributed by atoms with van der Waals surface area (Å²) in [5.41, 5.74) is 3.11. The number of benzene rings is 2. The summed E-state index contributed by atoms with van der Waals surface area (Å²) in [5.74, 6) is 0.334. The summed E-state index contributed by atoms with van der Waals surface area (Å²) in [5, 5.41) is 0. The number of nitrogens with zero attached hydrogens (tertiary/aromatic N) is 2. The van der Waals surface area contributed by atoms with E-state index in [0.717, 1.165) is 24.2 Å². The van der Waals surface area contributed by atoms with Crippen LogP contribution in [0.2, 0.25) is 0 Å². The average molecular weight is 348 g/mol. The number of carbonyl (C=O) groups excluding carboxylic acids is 2. The molecule has 4 rings (SSSR count). The molecular formula is C22H24N2O2. The van der Waals surface area contributed by atoms with E-state index in [0.29, 0.717) is 25.9 Å². The van der Waals surface area contributed by atoms with Crippen LogP contribution in [-0.4, -0.2) is 36.3 Å². The average Bonchev–Trinajstić information content (AvgIpc) is 3.20. The summed E-state index contributed by atoms with van der Waals surface area (Å²) in [6.07, 6.45) is 1.88. The number of hydrogen-bond donors (Lipinski definition) is 0. The lowest BCUT2D eigenvalue weighted by Crippen LogP contribution is -2.34. The molecule has 0 saturated carbocycles. The second-order valence-electron chi connectivity index (χ2n) is 7.72. The standard InChI is InChI=1S/C22H24N2O2/c1-17-7-9-19(10-8-17)24-16-22(14-21(24)26)11-12-23(15-22)20(25)13-18-5-3-2-4-6-18/h2-10H,11-16H2,1H3. The zero-order chi connectivity index (χ0) is 18.1. The Morgan fingerprint density at radius 1 is 1.04 bits per heavy atom. The van der Waals surface area contributed by atoms with Gasteiger partial charge in [0.15, 0.2) is 0 Å². The Morgan fingerprint density at radius 2 is 1.77 bits per heavy atom. The Kier molecular flexibility index (Phi) is 4.27. The second-order valence-corrected chi connectivity index (χ2v) is 7.72. The van der Waals surface area contributed by atoms with Gasteiger partial charge in [0.2, 0.25) is 11.8 Å². The molecule has 0 radical (unpaired) electrons. The maximum Gasteiger partial charge on any atom is 0.227 e. The summed E-state index contributed by atoms with van der Waals surface area (Å²) < 4.78 is 0. The molecule has 2 aromatic rings. The molecule has 26 heavy (non-hydrogen) atoms. The molecule has 0 N–H and O–H groups in total. The lowest BCUT2D eigenvalue weighted by molar-refractivity contribution is -0.130. The SMILES string of the molecule is Cc1ccc(N2CC3(CCN(C(=O)Cc4ccccc4)C3)CC2=O)cc1. The molecule has 0 aromatic heterocycles. The topological polar surface area (TPSA) is 40.6 Å². The zero-order valence-electron chi connectivity index (χ0n) is 15.1. The van der Waals surface area contributed by atoms with Gasteiger partial charge in [-0.1, -0.05) is 48.0 Å². The van der Waals surface area contributed by atoms with Gasteiger partial charge < -0.3 is 9.80 Å². The van der Waals surface area contributed by atoms with Crippen molar-refractivity contribution >= 4 is 17.5 Å². The van der Waals surface area contributed by atoms with E-state index in [-0.39, 0.29) is 17.2 Å². The van der Waals surface area contributed by atoms with Gasteiger partial charge >= 0.3 is 0 Å². The van der Waals surface area contributed by atoms with Crippen molar-refractivity contribution in [3.63, 3.8) is 0 Å². The van der Waals surface area contributed by atoms with Crippen LogP contribution in [0.1, 0.15) is 24.0 Å². The maximum absolute atomic E-state index is 12.7. The zero-order valence-corrected chi connectivity index (χ0v) is 15.1. The van der Waals surface area contributed by atoms with Gasteiger partial charge in [-0.15, -0.1) is 0 Å². The lowest BCUT2D eigenvalue weighted by atomic mass is 9.86. The minimum Gasteiger partial charge on any atom is -0.342 e. The van der Waals surface area contributed by atoms with Crippen LogP contribution in [0.25, 0.3) is 0 Å². The van der Waals surface area contributed by atoms with E-state index in [9.17, 15) is 9.59 Å². The fourth-order valence-corrected chi connectivity index (χ4v) is 4.16. The van der Waals surface area contributed by atoms with Crippen molar-refractivity contribution in [3.05, 3.63) is 65.7 Å². The van der Waals surface area contributed by atoms with E-state index in [4.69, 9.17) is 0 Å². The highest BCUT2D eigenvalue weighted by Crippen LogP contribution is 2.42. The second kappa shape index (κ2) is 6.60. The molecule has 1 unspecified atom stereocenters. The van der Waals surface area contributed by atoms with Crippen molar-refractivity contribution in [2.45, 2.75) is 26.2 Å². The normalized spacial score (nSPS) is 22.4. The maximum atomic E-state index is 12.7. The van der Waals surface area contributed by atoms with Crippen molar-refractivity contribution in [1.82, 2.24) is 4.90 Å². The van der Waals surface area contributed by atoms with E-state index in [1.165, 1.54) is 5.56 Å². The summed E-state index contributed by atoms with van der Waals surface area (Å²) in [6, 6.07) is 18.0. The molecule has 4 heteroatoms. The smallest absolute Gasteiger partial charge is 0.227 e. The lowest BCUT2D eigenvalue weighted by Gasteiger charge is -2.24. The Morgan fingerprint density at radius 3 is 2.50 bits per heavy atom. The molecule has 2 aromatic carbocycles. The van der Waals surface area contributed by atoms with Gasteiger partial charge in [-0.2, -0.15) is 0 Å². The van der Waals surface area contributed by atoms with E-state index < -0.39 is 0 Å². The predicted octanol–water partition coefficient (Wildman–Crippen LogP) is 3.19. The van der Waals surface area contributed by atoms with Crippen LogP contribution in [0.4, 0.5) is 5.69 Å². The van der Waals surface area contributed by atoms with Crippen molar-refractivity contribution in [2.24, 2.45) is 5.41 Å². The highest BCUT2D eigenvalue weighted by molar-refractivity contribution is 5.96. The first-order valence-electron chi connectivity index (χ1n) is 9.23. The molecule has 0 aliphatic carbocycles. The molecule has 2 fully saturated rings. The number of carbonyl (C=O) groups is 2. The minimum absolute atomic E-state index is 0.0890. The van der Waals surface area contributed by atoms with E-state index in [1.54, 1.807) is 0 Å². The number of aryl methyl sites for hydroxylation is 1. The number of hydrogen-bond acceptors (Lipinski definition) is 2. The quantitative estimate of drug-likeness (QED) is 0.855. The summed E-state index contributed by atoms with van der Waals surface area (Å²) in [6.45, 7) is 4.20. The Bertz CT molecular complexity index is 816. The summed E-state index contributed by atoms with van der Waals surface area (Å²) in [4.78, 5) is 29.1. The first-order chi connectivity index (χ1) is 12.5. The van der Waals surface area contributed by atoms with Crippen LogP contribution in [0.5, 0.6) is 0 Å². The molecule has 134 valence electrons. The molecule has 1 atom stereocenters. The predicted molar refractivity (Wildman–Crippen MR) is 102 cm³/mol. The first-order valence-corrected chi connectivity index (χ1v) is 9.23. The van der Waals surface area contributed by atoms with Crippen molar-refractivity contribution in [3.8, 4) is 0 Å². The van der Waals surface area contributed by atoms with Gasteiger partial charge in [0.05, 0.1) is 6.42 Å². The molecule has 2 heterocycles. The largest absolute Gasteiger partial charge is 0.342 e. The van der Waals surface area contributed by atoms with Crippen LogP contribution < -0.4 is 4.90 Å². The van der Waals surface area contributed by atoms with Crippen LogP contribution in [-0.2, 0) is 16.0 Å². The molecular weight excluding hydrogens is 324 g/mol. The Labute approximate surface area is 154 Å². The van der Waals surface area contributed by atoms with E-state index >= 15 is 0 Å². The van der Waals surface area contributed by atoms with Crippen molar-refractivity contribution < 1.29 is 9.59 Å². The third kappa shape index (κ3) is 3.24. The molecule has 4 nitrogen and oxygen atoms in total. The van der Waals surface area contributed by atoms with Crippen LogP contribution in [0.3, 0.4) is 0 Å². The number of likely N-dealkylation sites (tertiary alicyclic amines) is 1. The molecule has 1 spiro atoms. The Balaban J connectivity index is 1.43. The van der Waals surface area contributed by atoms with Gasteiger partial charge in [0.25, 0.3) is 0 Å². The third-order valence-corrected chi connectivity index (χ3v) is 5.66. The van der Waals surface area contributed by atoms with Gasteiger partial charge in [-0.25, -0.2) is 0 Å².